The Hall–Kier alpha value is -4.80. The Morgan fingerprint density at radius 3 is 1.78 bits per heavy atom. The maximum atomic E-state index is 13.8. The van der Waals surface area contributed by atoms with E-state index in [2.05, 4.69) is 37.2 Å². The first-order valence-electron chi connectivity index (χ1n) is 20.9. The molecular weight excluding hydrogens is 885 g/mol. The van der Waals surface area contributed by atoms with E-state index in [-0.39, 0.29) is 56.8 Å². The van der Waals surface area contributed by atoms with Crippen LogP contribution in [-0.2, 0) is 47.9 Å². The van der Waals surface area contributed by atoms with Crippen molar-refractivity contribution in [1.82, 2.24) is 42.1 Å². The highest BCUT2D eigenvalue weighted by molar-refractivity contribution is 8.76. The van der Waals surface area contributed by atoms with Gasteiger partial charge in [-0.15, -0.1) is 0 Å². The maximum Gasteiger partial charge on any atom is 0.327 e. The summed E-state index contributed by atoms with van der Waals surface area (Å²) in [6, 6.07) is -13.1. The standard InChI is InChI=1S/C37H64N12O13S2/c1-18-29(53)47-25(37(61)62)17-64-63-16-20(40)30(54)43-21(8-3-5-11-38)31(55)44-22(9-4-6-12-39)32(56)45-23(14-27(41)52)33(57)46-24(15-50)36(60)49-13-7-10-26(49)34(58)48-28(19(2)51)35(59)42-18/h18-26,28,50-51H,3-17,38-40H2,1-2H3,(H2,41,52)(H,42,59)(H,43,54)(H,44,55)(H,45,56)(H,46,57)(H,47,53)(H,48,58)(H,61,62)/t18-,19+,20-,21-,22-,23-,24-,25-,26-,28-/m0/s1. The van der Waals surface area contributed by atoms with E-state index in [0.29, 0.717) is 25.7 Å². The Morgan fingerprint density at radius 2 is 1.25 bits per heavy atom. The summed E-state index contributed by atoms with van der Waals surface area (Å²) in [5, 5.41) is 47.3. The molecule has 9 amide bonds. The van der Waals surface area contributed by atoms with E-state index in [9.17, 15) is 63.3 Å². The number of aliphatic hydroxyl groups is 2. The van der Waals surface area contributed by atoms with Gasteiger partial charge in [0.05, 0.1) is 25.2 Å². The number of carboxylic acids is 1. The largest absolute Gasteiger partial charge is 0.480 e. The molecule has 25 nitrogen and oxygen atoms in total. The molecule has 18 N–H and O–H groups in total. The lowest BCUT2D eigenvalue weighted by atomic mass is 10.0. The quantitative estimate of drug-likeness (QED) is 0.0603. The van der Waals surface area contributed by atoms with Crippen LogP contribution in [0.4, 0.5) is 0 Å². The minimum Gasteiger partial charge on any atom is -0.480 e. The number of primary amides is 1. The van der Waals surface area contributed by atoms with Gasteiger partial charge < -0.3 is 80.4 Å². The van der Waals surface area contributed by atoms with E-state index in [1.165, 1.54) is 13.8 Å². The van der Waals surface area contributed by atoms with Gasteiger partial charge in [0.1, 0.15) is 48.3 Å². The summed E-state index contributed by atoms with van der Waals surface area (Å²) in [6.07, 6.45) is -0.359. The highest BCUT2D eigenvalue weighted by Crippen LogP contribution is 2.23. The molecule has 2 saturated heterocycles. The van der Waals surface area contributed by atoms with Gasteiger partial charge in [-0.1, -0.05) is 21.6 Å². The first kappa shape index (κ1) is 55.3. The molecule has 2 aliphatic rings. The fourth-order valence-electron chi connectivity index (χ4n) is 6.53. The van der Waals surface area contributed by atoms with Crippen LogP contribution < -0.4 is 60.2 Å². The molecule has 2 fully saturated rings. The molecule has 0 bridgehead atoms. The van der Waals surface area contributed by atoms with Gasteiger partial charge in [-0.2, -0.15) is 0 Å². The Bertz CT molecular complexity index is 1660. The van der Waals surface area contributed by atoms with E-state index in [4.69, 9.17) is 22.9 Å². The Labute approximate surface area is 377 Å². The number of hydrogen-bond acceptors (Lipinski definition) is 17. The maximum absolute atomic E-state index is 13.8. The number of fused-ring (bicyclic) bond motifs is 1. The summed E-state index contributed by atoms with van der Waals surface area (Å²) in [5.74, 6) is -10.2. The van der Waals surface area contributed by atoms with Crippen molar-refractivity contribution in [2.45, 2.75) is 132 Å². The molecular formula is C37H64N12O13S2. The molecule has 2 aliphatic heterocycles. The van der Waals surface area contributed by atoms with Gasteiger partial charge in [-0.25, -0.2) is 4.79 Å². The topological polar surface area (TPSA) is 423 Å². The normalized spacial score (nSPS) is 28.6. The van der Waals surface area contributed by atoms with Crippen LogP contribution in [0.5, 0.6) is 0 Å². The van der Waals surface area contributed by atoms with E-state index >= 15 is 0 Å². The minimum absolute atomic E-state index is 0.0129. The van der Waals surface area contributed by atoms with Crippen molar-refractivity contribution in [1.29, 1.82) is 0 Å². The van der Waals surface area contributed by atoms with Crippen molar-refractivity contribution >= 4 is 80.7 Å². The molecule has 0 saturated carbocycles. The molecule has 0 aromatic heterocycles. The van der Waals surface area contributed by atoms with Crippen LogP contribution in [-0.4, -0.2) is 178 Å². The van der Waals surface area contributed by atoms with Crippen molar-refractivity contribution in [3.05, 3.63) is 0 Å². The van der Waals surface area contributed by atoms with Crippen LogP contribution in [0.3, 0.4) is 0 Å². The highest BCUT2D eigenvalue weighted by atomic mass is 33.1. The minimum atomic E-state index is -1.73. The number of unbranched alkanes of at least 4 members (excludes halogenated alkanes) is 2. The zero-order valence-corrected chi connectivity index (χ0v) is 37.5. The molecule has 10 atom stereocenters. The molecule has 362 valence electrons. The van der Waals surface area contributed by atoms with Crippen molar-refractivity contribution < 1.29 is 63.3 Å². The second kappa shape index (κ2) is 28.2. The summed E-state index contributed by atoms with van der Waals surface area (Å²) in [7, 11) is 1.96. The van der Waals surface area contributed by atoms with E-state index in [0.717, 1.165) is 26.5 Å². The number of nitrogens with one attached hydrogen (secondary N) is 7. The van der Waals surface area contributed by atoms with Gasteiger partial charge in [0.25, 0.3) is 0 Å². The first-order valence-corrected chi connectivity index (χ1v) is 23.4. The molecule has 0 unspecified atom stereocenters. The Morgan fingerprint density at radius 1 is 0.719 bits per heavy atom. The third kappa shape index (κ3) is 18.0. The summed E-state index contributed by atoms with van der Waals surface area (Å²) < 4.78 is 0. The van der Waals surface area contributed by atoms with Gasteiger partial charge >= 0.3 is 5.97 Å². The highest BCUT2D eigenvalue weighted by Gasteiger charge is 2.41. The summed E-state index contributed by atoms with van der Waals surface area (Å²) >= 11 is 0. The molecule has 27 heteroatoms. The summed E-state index contributed by atoms with van der Waals surface area (Å²) in [4.78, 5) is 133. The average Bonchev–Trinajstić information content (AvgIpc) is 3.74. The number of carbonyl (C=O) groups is 10. The fraction of sp³-hybridized carbons (Fsp3) is 0.730. The number of aliphatic hydroxyl groups excluding tert-OH is 2. The smallest absolute Gasteiger partial charge is 0.327 e. The lowest BCUT2D eigenvalue weighted by Crippen LogP contribution is -2.61. The zero-order valence-electron chi connectivity index (χ0n) is 35.9. The molecule has 0 aromatic carbocycles. The van der Waals surface area contributed by atoms with E-state index in [1.807, 2.05) is 0 Å². The number of aliphatic carboxylic acids is 1. The number of rotatable bonds is 13. The third-order valence-corrected chi connectivity index (χ3v) is 12.6. The first-order chi connectivity index (χ1) is 30.2. The predicted octanol–water partition coefficient (Wildman–Crippen LogP) is -6.30. The van der Waals surface area contributed by atoms with Gasteiger partial charge in [-0.3, -0.25) is 43.2 Å². The van der Waals surface area contributed by atoms with Gasteiger partial charge in [-0.05, 0) is 78.3 Å². The van der Waals surface area contributed by atoms with Crippen LogP contribution in [0, 0.1) is 0 Å². The second-order valence-electron chi connectivity index (χ2n) is 15.4. The molecule has 2 heterocycles. The molecule has 0 radical (unpaired) electrons. The second-order valence-corrected chi connectivity index (χ2v) is 17.9. The Kier molecular flexibility index (Phi) is 24.4. The average molecular weight is 949 g/mol. The molecule has 0 aromatic rings. The lowest BCUT2D eigenvalue weighted by Gasteiger charge is -2.30. The fourth-order valence-corrected chi connectivity index (χ4v) is 8.80. The van der Waals surface area contributed by atoms with Crippen molar-refractivity contribution in [3.63, 3.8) is 0 Å². The van der Waals surface area contributed by atoms with Gasteiger partial charge in [0.2, 0.25) is 53.2 Å². The van der Waals surface area contributed by atoms with Crippen LogP contribution in [0.15, 0.2) is 0 Å². The van der Waals surface area contributed by atoms with Crippen LogP contribution >= 0.6 is 21.6 Å². The summed E-state index contributed by atoms with van der Waals surface area (Å²) in [5.41, 5.74) is 22.8. The number of amides is 9. The molecule has 0 spiro atoms. The molecule has 64 heavy (non-hydrogen) atoms. The van der Waals surface area contributed by atoms with Crippen molar-refractivity contribution in [2.75, 3.05) is 37.7 Å². The lowest BCUT2D eigenvalue weighted by molar-refractivity contribution is -0.144. The van der Waals surface area contributed by atoms with Gasteiger partial charge in [0, 0.05) is 18.1 Å². The zero-order chi connectivity index (χ0) is 48.1. The Balaban J connectivity index is 2.55. The number of hydrogen-bond donors (Lipinski definition) is 14. The van der Waals surface area contributed by atoms with E-state index in [1.54, 1.807) is 0 Å². The number of carboxylic acid groups (broad SMARTS) is 1. The molecule has 0 aliphatic carbocycles. The predicted molar refractivity (Wildman–Crippen MR) is 233 cm³/mol. The van der Waals surface area contributed by atoms with Crippen LogP contribution in [0.1, 0.15) is 71.6 Å². The van der Waals surface area contributed by atoms with Crippen LogP contribution in [0.25, 0.3) is 0 Å². The third-order valence-electron chi connectivity index (χ3n) is 10.2. The van der Waals surface area contributed by atoms with Crippen molar-refractivity contribution in [2.24, 2.45) is 22.9 Å². The van der Waals surface area contributed by atoms with Crippen LogP contribution in [0.2, 0.25) is 0 Å². The number of carbonyl (C=O) groups excluding carboxylic acids is 9. The molecule has 2 rings (SSSR count). The van der Waals surface area contributed by atoms with Crippen molar-refractivity contribution in [3.8, 4) is 0 Å². The number of nitrogens with zero attached hydrogens (tertiary/aromatic N) is 1. The monoisotopic (exact) mass is 948 g/mol. The van der Waals surface area contributed by atoms with Gasteiger partial charge in [0.15, 0.2) is 0 Å². The SMILES string of the molecule is C[C@@H]1NC(=O)[C@H]([C@@H](C)O)NC(=O)[C@@H]2CCCN2C(=O)[C@H](CO)NC(=O)[C@H](CC(N)=O)NC(=O)[C@H](CCCCN)NC(=O)[C@H](CCCCN)NC(=O)[C@@H](N)CSSC[C@@H](C(=O)O)NC1=O. The summed E-state index contributed by atoms with van der Waals surface area (Å²) in [6.45, 7) is 1.87. The van der Waals surface area contributed by atoms with E-state index < -0.39 is 133 Å². The number of nitrogens with two attached hydrogens (primary N) is 4.